The molecule has 0 fully saturated rings. The molecule has 0 aliphatic carbocycles. The van der Waals surface area contributed by atoms with Gasteiger partial charge in [-0.2, -0.15) is 0 Å². The zero-order chi connectivity index (χ0) is 35.1. The van der Waals surface area contributed by atoms with E-state index in [1.807, 2.05) is 12.1 Å². The highest BCUT2D eigenvalue weighted by Crippen LogP contribution is 2.13. The summed E-state index contributed by atoms with van der Waals surface area (Å²) in [7, 11) is 0. The molecule has 256 valence electrons. The molecule has 5 N–H and O–H groups in total. The smallest absolute Gasteiger partial charge is 0.408 e. The Morgan fingerprint density at radius 1 is 0.667 bits per heavy atom. The molecular weight excluding hydrogens is 616 g/mol. The van der Waals surface area contributed by atoms with Crippen molar-refractivity contribution in [2.24, 2.45) is 0 Å². The number of hydrogen-bond acceptors (Lipinski definition) is 8. The van der Waals surface area contributed by atoms with E-state index in [4.69, 9.17) is 9.47 Å². The van der Waals surface area contributed by atoms with Crippen molar-refractivity contribution < 1.29 is 38.6 Å². The molecule has 3 aromatic carbocycles. The maximum Gasteiger partial charge on any atom is 0.408 e. The molecule has 4 amide bonds. The van der Waals surface area contributed by atoms with Gasteiger partial charge in [0.2, 0.25) is 17.7 Å². The number of hydrogen-bond donors (Lipinski definition) is 5. The van der Waals surface area contributed by atoms with Gasteiger partial charge in [-0.25, -0.2) is 9.59 Å². The second-order valence-electron chi connectivity index (χ2n) is 12.1. The summed E-state index contributed by atoms with van der Waals surface area (Å²) in [6, 6.07) is 20.9. The summed E-state index contributed by atoms with van der Waals surface area (Å²) in [5.74, 6) is -2.53. The standard InChI is InChI=1S/C36H44N4O8/c1-5-47-34(45)30(22-26-16-18-27(41)19-17-26)40-33(44)29(21-25-14-10-7-11-15-25)39-32(43)28(20-24-12-8-6-9-13-24)38-31(42)23-37-35(46)48-36(2,3)4/h6-19,28-30,41H,5,20-23H2,1-4H3,(H,37,46)(H,38,42)(H,39,43)(H,40,44)/t28-,29-,30-/m1/s1. The SMILES string of the molecule is CCOC(=O)[C@@H](Cc1ccc(O)cc1)NC(=O)[C@@H](Cc1ccccc1)NC(=O)[C@@H](Cc1ccccc1)NC(=O)CNC(=O)OC(C)(C)C. The number of aromatic hydroxyl groups is 1. The van der Waals surface area contributed by atoms with Crippen LogP contribution in [0.2, 0.25) is 0 Å². The molecule has 3 rings (SSSR count). The first-order valence-corrected chi connectivity index (χ1v) is 15.7. The summed E-state index contributed by atoms with van der Waals surface area (Å²) in [5.41, 5.74) is 1.40. The van der Waals surface area contributed by atoms with Crippen molar-refractivity contribution in [1.29, 1.82) is 0 Å². The van der Waals surface area contributed by atoms with Crippen molar-refractivity contribution in [3.63, 3.8) is 0 Å². The van der Waals surface area contributed by atoms with Gasteiger partial charge in [0.05, 0.1) is 6.61 Å². The van der Waals surface area contributed by atoms with E-state index in [2.05, 4.69) is 21.3 Å². The van der Waals surface area contributed by atoms with Crippen LogP contribution in [0.4, 0.5) is 4.79 Å². The van der Waals surface area contributed by atoms with E-state index in [1.54, 1.807) is 88.4 Å². The number of amides is 4. The highest BCUT2D eigenvalue weighted by molar-refractivity contribution is 5.94. The Hall–Kier alpha value is -5.39. The van der Waals surface area contributed by atoms with Crippen LogP contribution in [0, 0.1) is 0 Å². The highest BCUT2D eigenvalue weighted by Gasteiger charge is 2.31. The Balaban J connectivity index is 1.83. The second kappa shape index (κ2) is 18.1. The minimum atomic E-state index is -1.15. The monoisotopic (exact) mass is 660 g/mol. The van der Waals surface area contributed by atoms with Crippen LogP contribution < -0.4 is 21.3 Å². The molecule has 0 heterocycles. The Labute approximate surface area is 280 Å². The number of benzene rings is 3. The summed E-state index contributed by atoms with van der Waals surface area (Å²) >= 11 is 0. The molecule has 0 spiro atoms. The number of carbonyl (C=O) groups is 5. The van der Waals surface area contributed by atoms with E-state index in [-0.39, 0.29) is 31.6 Å². The molecule has 12 nitrogen and oxygen atoms in total. The number of phenols is 1. The molecule has 0 unspecified atom stereocenters. The second-order valence-corrected chi connectivity index (χ2v) is 12.1. The quantitative estimate of drug-likeness (QED) is 0.155. The van der Waals surface area contributed by atoms with Crippen molar-refractivity contribution in [2.45, 2.75) is 70.7 Å². The Kier molecular flexibility index (Phi) is 14.0. The average molecular weight is 661 g/mol. The fourth-order valence-corrected chi connectivity index (χ4v) is 4.68. The number of esters is 1. The minimum Gasteiger partial charge on any atom is -0.508 e. The number of alkyl carbamates (subject to hydrolysis) is 1. The molecule has 48 heavy (non-hydrogen) atoms. The third-order valence-corrected chi connectivity index (χ3v) is 6.91. The van der Waals surface area contributed by atoms with Crippen LogP contribution in [0.15, 0.2) is 84.9 Å². The number of nitrogens with one attached hydrogen (secondary N) is 4. The number of carbonyl (C=O) groups excluding carboxylic acids is 5. The van der Waals surface area contributed by atoms with Crippen LogP contribution in [0.25, 0.3) is 0 Å². The van der Waals surface area contributed by atoms with E-state index < -0.39 is 60.1 Å². The van der Waals surface area contributed by atoms with Crippen LogP contribution in [0.3, 0.4) is 0 Å². The average Bonchev–Trinajstić information content (AvgIpc) is 3.04. The highest BCUT2D eigenvalue weighted by atomic mass is 16.6. The van der Waals surface area contributed by atoms with Crippen LogP contribution >= 0.6 is 0 Å². The summed E-state index contributed by atoms with van der Waals surface area (Å²) < 4.78 is 10.4. The summed E-state index contributed by atoms with van der Waals surface area (Å²) in [6.07, 6.45) is -0.533. The maximum absolute atomic E-state index is 13.8. The first-order valence-electron chi connectivity index (χ1n) is 15.7. The Morgan fingerprint density at radius 2 is 1.12 bits per heavy atom. The van der Waals surface area contributed by atoms with Gasteiger partial charge in [0.15, 0.2) is 0 Å². The molecule has 3 aromatic rings. The lowest BCUT2D eigenvalue weighted by atomic mass is 10.0. The van der Waals surface area contributed by atoms with E-state index in [0.29, 0.717) is 5.56 Å². The maximum atomic E-state index is 13.8. The third kappa shape index (κ3) is 13.1. The fourth-order valence-electron chi connectivity index (χ4n) is 4.68. The summed E-state index contributed by atoms with van der Waals surface area (Å²) in [5, 5.41) is 20.2. The summed E-state index contributed by atoms with van der Waals surface area (Å²) in [4.78, 5) is 65.5. The van der Waals surface area contributed by atoms with Crippen molar-refractivity contribution in [3.05, 3.63) is 102 Å². The van der Waals surface area contributed by atoms with Crippen LogP contribution in [0.5, 0.6) is 5.75 Å². The van der Waals surface area contributed by atoms with Gasteiger partial charge in [0.1, 0.15) is 36.0 Å². The molecule has 0 saturated carbocycles. The molecule has 0 aliphatic heterocycles. The van der Waals surface area contributed by atoms with Gasteiger partial charge < -0.3 is 35.8 Å². The predicted molar refractivity (Wildman–Crippen MR) is 179 cm³/mol. The molecule has 0 bridgehead atoms. The van der Waals surface area contributed by atoms with Gasteiger partial charge in [-0.3, -0.25) is 14.4 Å². The van der Waals surface area contributed by atoms with Crippen LogP contribution in [-0.4, -0.2) is 71.8 Å². The van der Waals surface area contributed by atoms with Crippen molar-refractivity contribution >= 4 is 29.8 Å². The molecule has 0 aliphatic rings. The fraction of sp³-hybridized carbons (Fsp3) is 0.361. The molecule has 0 radical (unpaired) electrons. The van der Waals surface area contributed by atoms with Gasteiger partial charge >= 0.3 is 12.1 Å². The Bertz CT molecular complexity index is 1510. The van der Waals surface area contributed by atoms with Crippen LogP contribution in [0.1, 0.15) is 44.4 Å². The van der Waals surface area contributed by atoms with Crippen molar-refractivity contribution in [1.82, 2.24) is 21.3 Å². The lowest BCUT2D eigenvalue weighted by molar-refractivity contribution is -0.147. The van der Waals surface area contributed by atoms with Gasteiger partial charge in [-0.05, 0) is 56.5 Å². The number of rotatable bonds is 15. The topological polar surface area (TPSA) is 172 Å². The largest absolute Gasteiger partial charge is 0.508 e. The first-order chi connectivity index (χ1) is 22.8. The number of ether oxygens (including phenoxy) is 2. The predicted octanol–water partition coefficient (Wildman–Crippen LogP) is 2.96. The van der Waals surface area contributed by atoms with Crippen molar-refractivity contribution in [2.75, 3.05) is 13.2 Å². The minimum absolute atomic E-state index is 0.0545. The number of phenolic OH excluding ortho intramolecular Hbond substituents is 1. The van der Waals surface area contributed by atoms with Gasteiger partial charge in [0.25, 0.3) is 0 Å². The normalized spacial score (nSPS) is 12.8. The summed E-state index contributed by atoms with van der Waals surface area (Å²) in [6.45, 7) is 6.38. The Morgan fingerprint density at radius 3 is 1.62 bits per heavy atom. The molecule has 0 saturated heterocycles. The third-order valence-electron chi connectivity index (χ3n) is 6.91. The van der Waals surface area contributed by atoms with Gasteiger partial charge in [0, 0.05) is 19.3 Å². The van der Waals surface area contributed by atoms with E-state index in [0.717, 1.165) is 11.1 Å². The lowest BCUT2D eigenvalue weighted by Gasteiger charge is -2.25. The molecule has 0 aromatic heterocycles. The van der Waals surface area contributed by atoms with Crippen molar-refractivity contribution in [3.8, 4) is 5.75 Å². The van der Waals surface area contributed by atoms with Crippen LogP contribution in [-0.2, 0) is 47.9 Å². The zero-order valence-corrected chi connectivity index (χ0v) is 27.7. The van der Waals surface area contributed by atoms with E-state index >= 15 is 0 Å². The van der Waals surface area contributed by atoms with Gasteiger partial charge in [-0.15, -0.1) is 0 Å². The molecular formula is C36H44N4O8. The molecule has 12 heteroatoms. The zero-order valence-electron chi connectivity index (χ0n) is 27.7. The van der Waals surface area contributed by atoms with Gasteiger partial charge in [-0.1, -0.05) is 72.8 Å². The van der Waals surface area contributed by atoms with E-state index in [1.165, 1.54) is 12.1 Å². The lowest BCUT2D eigenvalue weighted by Crippen LogP contribution is -2.57. The van der Waals surface area contributed by atoms with E-state index in [9.17, 15) is 29.1 Å². The molecule has 3 atom stereocenters. The first kappa shape index (κ1) is 37.1.